The Balaban J connectivity index is 1.69. The molecule has 0 spiro atoms. The van der Waals surface area contributed by atoms with Crippen molar-refractivity contribution in [2.45, 2.75) is 32.4 Å². The molecule has 3 amide bonds. The van der Waals surface area contributed by atoms with Crippen LogP contribution in [0.15, 0.2) is 36.7 Å². The molecular weight excluding hydrogens is 294 g/mol. The van der Waals surface area contributed by atoms with Crippen LogP contribution in [-0.4, -0.2) is 21.7 Å². The number of rotatable bonds is 3. The maximum atomic E-state index is 12.2. The van der Waals surface area contributed by atoms with Crippen LogP contribution in [0.1, 0.15) is 37.9 Å². The number of carbonyl (C=O) groups excluding carboxylic acids is 2. The zero-order chi connectivity index (χ0) is 16.4. The average Bonchev–Trinajstić information content (AvgIpc) is 2.95. The fraction of sp³-hybridized carbons (Fsp3) is 0.312. The number of fused-ring (bicyclic) bond motifs is 1. The van der Waals surface area contributed by atoms with Crippen molar-refractivity contribution in [2.75, 3.05) is 10.6 Å². The van der Waals surface area contributed by atoms with E-state index < -0.39 is 0 Å². The highest BCUT2D eigenvalue weighted by Gasteiger charge is 2.26. The molecule has 1 aromatic heterocycles. The van der Waals surface area contributed by atoms with Gasteiger partial charge in [0.2, 0.25) is 5.91 Å². The molecule has 0 aliphatic carbocycles. The van der Waals surface area contributed by atoms with Crippen molar-refractivity contribution in [1.82, 2.24) is 15.1 Å². The Morgan fingerprint density at radius 3 is 2.91 bits per heavy atom. The van der Waals surface area contributed by atoms with Crippen molar-refractivity contribution in [3.8, 4) is 0 Å². The molecule has 120 valence electrons. The van der Waals surface area contributed by atoms with Gasteiger partial charge in [-0.15, -0.1) is 0 Å². The van der Waals surface area contributed by atoms with Gasteiger partial charge in [0.1, 0.15) is 0 Å². The molecule has 0 saturated carbocycles. The zero-order valence-electron chi connectivity index (χ0n) is 13.0. The summed E-state index contributed by atoms with van der Waals surface area (Å²) in [6.45, 7) is 4.02. The van der Waals surface area contributed by atoms with E-state index in [9.17, 15) is 9.59 Å². The van der Waals surface area contributed by atoms with Gasteiger partial charge in [-0.05, 0) is 25.5 Å². The Labute approximate surface area is 134 Å². The zero-order valence-corrected chi connectivity index (χ0v) is 13.0. The molecule has 7 heteroatoms. The van der Waals surface area contributed by atoms with Crippen LogP contribution in [0.25, 0.3) is 0 Å². The van der Waals surface area contributed by atoms with Crippen LogP contribution in [-0.2, 0) is 4.79 Å². The summed E-state index contributed by atoms with van der Waals surface area (Å²) in [5, 5.41) is 12.6. The fourth-order valence-corrected chi connectivity index (χ4v) is 2.55. The molecule has 3 N–H and O–H groups in total. The highest BCUT2D eigenvalue weighted by molar-refractivity contribution is 5.96. The van der Waals surface area contributed by atoms with Crippen LogP contribution in [0.2, 0.25) is 0 Å². The summed E-state index contributed by atoms with van der Waals surface area (Å²) < 4.78 is 1.76. The molecule has 0 saturated heterocycles. The molecular formula is C16H19N5O2. The monoisotopic (exact) mass is 313 g/mol. The summed E-state index contributed by atoms with van der Waals surface area (Å²) in [7, 11) is 0. The molecule has 2 heterocycles. The predicted octanol–water partition coefficient (Wildman–Crippen LogP) is 2.67. The Morgan fingerprint density at radius 2 is 2.17 bits per heavy atom. The van der Waals surface area contributed by atoms with E-state index in [1.165, 1.54) is 0 Å². The summed E-state index contributed by atoms with van der Waals surface area (Å²) in [6, 6.07) is 6.98. The summed E-state index contributed by atoms with van der Waals surface area (Å²) in [5.74, 6) is -0.110. The molecule has 1 aromatic carbocycles. The first-order valence-electron chi connectivity index (χ1n) is 7.53. The van der Waals surface area contributed by atoms with E-state index in [4.69, 9.17) is 0 Å². The van der Waals surface area contributed by atoms with Crippen molar-refractivity contribution >= 4 is 23.3 Å². The lowest BCUT2D eigenvalue weighted by Gasteiger charge is -2.26. The number of urea groups is 1. The van der Waals surface area contributed by atoms with Gasteiger partial charge >= 0.3 is 6.03 Å². The Hall–Kier alpha value is -2.83. The van der Waals surface area contributed by atoms with E-state index >= 15 is 0 Å². The first-order chi connectivity index (χ1) is 11.0. The van der Waals surface area contributed by atoms with E-state index in [-0.39, 0.29) is 30.4 Å². The summed E-state index contributed by atoms with van der Waals surface area (Å²) in [4.78, 5) is 23.9. The van der Waals surface area contributed by atoms with Crippen molar-refractivity contribution in [3.05, 3.63) is 42.2 Å². The van der Waals surface area contributed by atoms with Crippen molar-refractivity contribution in [2.24, 2.45) is 0 Å². The highest BCUT2D eigenvalue weighted by Crippen LogP contribution is 2.29. The standard InChI is InChI=1S/C16H19N5O2/c1-10(2)21-9-11(8-17-21)18-16(23)20-14-7-15(22)19-13-6-4-3-5-12(13)14/h3-6,8-10,14H,7H2,1-2H3,(H,19,22)(H2,18,20,23)/t14-/m1/s1. The number of carbonyl (C=O) groups is 2. The number of anilines is 2. The molecule has 1 aliphatic heterocycles. The molecule has 1 aliphatic rings. The van der Waals surface area contributed by atoms with Crippen molar-refractivity contribution in [3.63, 3.8) is 0 Å². The summed E-state index contributed by atoms with van der Waals surface area (Å²) in [5.41, 5.74) is 2.26. The van der Waals surface area contributed by atoms with Crippen LogP contribution in [0.3, 0.4) is 0 Å². The normalized spacial score (nSPS) is 16.7. The maximum Gasteiger partial charge on any atom is 0.319 e. The fourth-order valence-electron chi connectivity index (χ4n) is 2.55. The lowest BCUT2D eigenvalue weighted by molar-refractivity contribution is -0.116. The van der Waals surface area contributed by atoms with Gasteiger partial charge in [-0.3, -0.25) is 9.48 Å². The average molecular weight is 313 g/mol. The minimum Gasteiger partial charge on any atom is -0.330 e. The number of para-hydroxylation sites is 1. The van der Waals surface area contributed by atoms with Gasteiger partial charge in [-0.2, -0.15) is 5.10 Å². The minimum absolute atomic E-state index is 0.110. The van der Waals surface area contributed by atoms with Crippen LogP contribution >= 0.6 is 0 Å². The lowest BCUT2D eigenvalue weighted by Crippen LogP contribution is -2.37. The van der Waals surface area contributed by atoms with Crippen LogP contribution in [0, 0.1) is 0 Å². The number of nitrogens with one attached hydrogen (secondary N) is 3. The Bertz CT molecular complexity index is 738. The van der Waals surface area contributed by atoms with Gasteiger partial charge in [-0.25, -0.2) is 4.79 Å². The largest absolute Gasteiger partial charge is 0.330 e. The van der Waals surface area contributed by atoms with Gasteiger partial charge in [0.05, 0.1) is 24.3 Å². The predicted molar refractivity (Wildman–Crippen MR) is 87.2 cm³/mol. The van der Waals surface area contributed by atoms with Crippen LogP contribution in [0.5, 0.6) is 0 Å². The van der Waals surface area contributed by atoms with Crippen molar-refractivity contribution in [1.29, 1.82) is 0 Å². The molecule has 0 fully saturated rings. The van der Waals surface area contributed by atoms with E-state index in [2.05, 4.69) is 21.0 Å². The molecule has 0 radical (unpaired) electrons. The van der Waals surface area contributed by atoms with Gasteiger partial charge in [0, 0.05) is 17.9 Å². The third-order valence-corrected chi connectivity index (χ3v) is 3.69. The Morgan fingerprint density at radius 1 is 1.39 bits per heavy atom. The SMILES string of the molecule is CC(C)n1cc(NC(=O)N[C@@H]2CC(=O)Nc3ccccc32)cn1. The third kappa shape index (κ3) is 3.33. The van der Waals surface area contributed by atoms with E-state index in [0.717, 1.165) is 11.3 Å². The highest BCUT2D eigenvalue weighted by atomic mass is 16.2. The maximum absolute atomic E-state index is 12.2. The first kappa shape index (κ1) is 15.1. The topological polar surface area (TPSA) is 88.0 Å². The smallest absolute Gasteiger partial charge is 0.319 e. The quantitative estimate of drug-likeness (QED) is 0.814. The molecule has 2 aromatic rings. The molecule has 0 bridgehead atoms. The number of hydrogen-bond donors (Lipinski definition) is 3. The van der Waals surface area contributed by atoms with Gasteiger partial charge < -0.3 is 16.0 Å². The number of amides is 3. The Kier molecular flexibility index (Phi) is 4.01. The van der Waals surface area contributed by atoms with E-state index in [1.54, 1.807) is 17.1 Å². The van der Waals surface area contributed by atoms with Crippen molar-refractivity contribution < 1.29 is 9.59 Å². The second-order valence-electron chi connectivity index (χ2n) is 5.79. The van der Waals surface area contributed by atoms with Gasteiger partial charge in [0.15, 0.2) is 0 Å². The molecule has 3 rings (SSSR count). The lowest BCUT2D eigenvalue weighted by atomic mass is 9.97. The number of nitrogens with zero attached hydrogens (tertiary/aromatic N) is 2. The number of hydrogen-bond acceptors (Lipinski definition) is 3. The van der Waals surface area contributed by atoms with Gasteiger partial charge in [0.25, 0.3) is 0 Å². The van der Waals surface area contributed by atoms with E-state index in [0.29, 0.717) is 5.69 Å². The molecule has 1 atom stereocenters. The number of benzene rings is 1. The first-order valence-corrected chi connectivity index (χ1v) is 7.53. The summed E-state index contributed by atoms with van der Waals surface area (Å²) >= 11 is 0. The number of aromatic nitrogens is 2. The van der Waals surface area contributed by atoms with Crippen LogP contribution in [0.4, 0.5) is 16.2 Å². The summed E-state index contributed by atoms with van der Waals surface area (Å²) in [6.07, 6.45) is 3.59. The molecule has 23 heavy (non-hydrogen) atoms. The second kappa shape index (κ2) is 6.12. The second-order valence-corrected chi connectivity index (χ2v) is 5.79. The van der Waals surface area contributed by atoms with Gasteiger partial charge in [-0.1, -0.05) is 18.2 Å². The molecule has 0 unspecified atom stereocenters. The molecule has 7 nitrogen and oxygen atoms in total. The third-order valence-electron chi connectivity index (χ3n) is 3.69. The minimum atomic E-state index is -0.359. The van der Waals surface area contributed by atoms with Crippen LogP contribution < -0.4 is 16.0 Å². The van der Waals surface area contributed by atoms with E-state index in [1.807, 2.05) is 38.1 Å².